The first-order chi connectivity index (χ1) is 8.58. The van der Waals surface area contributed by atoms with Gasteiger partial charge in [-0.25, -0.2) is 4.39 Å². The Morgan fingerprint density at radius 2 is 1.89 bits per heavy atom. The Morgan fingerprint density at radius 1 is 1.17 bits per heavy atom. The summed E-state index contributed by atoms with van der Waals surface area (Å²) in [6.45, 7) is 0. The quantitative estimate of drug-likeness (QED) is 0.671. The first-order valence-electron chi connectivity index (χ1n) is 5.14. The van der Waals surface area contributed by atoms with Gasteiger partial charge in [-0.3, -0.25) is 5.41 Å². The number of amidine groups is 1. The van der Waals surface area contributed by atoms with Crippen LogP contribution in [0.5, 0.6) is 11.5 Å². The van der Waals surface area contributed by atoms with Gasteiger partial charge in [-0.05, 0) is 30.3 Å². The number of benzene rings is 2. The molecule has 5 heteroatoms. The lowest BCUT2D eigenvalue weighted by Crippen LogP contribution is -2.12. The number of hydrogen-bond donors (Lipinski definition) is 2. The van der Waals surface area contributed by atoms with Gasteiger partial charge in [0, 0.05) is 4.47 Å². The molecule has 3 N–H and O–H groups in total. The van der Waals surface area contributed by atoms with E-state index in [9.17, 15) is 4.39 Å². The van der Waals surface area contributed by atoms with Crippen LogP contribution in [0.1, 0.15) is 5.56 Å². The summed E-state index contributed by atoms with van der Waals surface area (Å²) in [6, 6.07) is 11.3. The number of halogens is 2. The van der Waals surface area contributed by atoms with E-state index in [4.69, 9.17) is 15.9 Å². The van der Waals surface area contributed by atoms with Crippen molar-refractivity contribution in [1.29, 1.82) is 5.41 Å². The summed E-state index contributed by atoms with van der Waals surface area (Å²) in [5.41, 5.74) is 5.86. The molecule has 0 aromatic heterocycles. The van der Waals surface area contributed by atoms with E-state index < -0.39 is 5.82 Å². The van der Waals surface area contributed by atoms with Crippen LogP contribution in [0, 0.1) is 11.2 Å². The maximum absolute atomic E-state index is 13.6. The maximum Gasteiger partial charge on any atom is 0.166 e. The Bertz CT molecular complexity index is 601. The fourth-order valence-electron chi connectivity index (χ4n) is 1.45. The van der Waals surface area contributed by atoms with Crippen molar-refractivity contribution >= 4 is 21.8 Å². The Kier molecular flexibility index (Phi) is 3.62. The van der Waals surface area contributed by atoms with Crippen LogP contribution < -0.4 is 10.5 Å². The molecule has 0 heterocycles. The zero-order chi connectivity index (χ0) is 13.1. The summed E-state index contributed by atoms with van der Waals surface area (Å²) in [7, 11) is 0. The second-order valence-electron chi connectivity index (χ2n) is 3.59. The van der Waals surface area contributed by atoms with Gasteiger partial charge in [-0.1, -0.05) is 28.1 Å². The second kappa shape index (κ2) is 5.18. The highest BCUT2D eigenvalue weighted by atomic mass is 79.9. The molecule has 0 fully saturated rings. The molecule has 18 heavy (non-hydrogen) atoms. The molecule has 2 aromatic carbocycles. The van der Waals surface area contributed by atoms with Crippen molar-refractivity contribution in [2.45, 2.75) is 0 Å². The molecule has 0 spiro atoms. The highest BCUT2D eigenvalue weighted by molar-refractivity contribution is 9.10. The summed E-state index contributed by atoms with van der Waals surface area (Å²) in [4.78, 5) is 0. The minimum absolute atomic E-state index is 0.0897. The molecule has 0 unspecified atom stereocenters. The third kappa shape index (κ3) is 2.68. The third-order valence-electron chi connectivity index (χ3n) is 2.29. The second-order valence-corrected chi connectivity index (χ2v) is 4.50. The van der Waals surface area contributed by atoms with Gasteiger partial charge in [0.05, 0.1) is 5.56 Å². The SMILES string of the molecule is N=C(N)c1ccccc1Oc1ccc(Br)cc1F. The molecule has 0 radical (unpaired) electrons. The van der Waals surface area contributed by atoms with Crippen LogP contribution in [0.2, 0.25) is 0 Å². The van der Waals surface area contributed by atoms with Crippen molar-refractivity contribution in [3.05, 3.63) is 58.3 Å². The number of nitrogens with two attached hydrogens (primary N) is 1. The molecule has 0 saturated carbocycles. The van der Waals surface area contributed by atoms with Gasteiger partial charge in [-0.2, -0.15) is 0 Å². The van der Waals surface area contributed by atoms with Crippen molar-refractivity contribution in [1.82, 2.24) is 0 Å². The van der Waals surface area contributed by atoms with Crippen LogP contribution in [-0.2, 0) is 0 Å². The number of ether oxygens (including phenoxy) is 1. The molecule has 0 aliphatic heterocycles. The van der Waals surface area contributed by atoms with E-state index in [1.165, 1.54) is 12.1 Å². The Balaban J connectivity index is 2.37. The molecular formula is C13H10BrFN2O. The number of nitrogens with one attached hydrogen (secondary N) is 1. The standard InChI is InChI=1S/C13H10BrFN2O/c14-8-5-6-12(10(15)7-8)18-11-4-2-1-3-9(11)13(16)17/h1-7H,(H3,16,17). The fourth-order valence-corrected chi connectivity index (χ4v) is 1.79. The number of nitrogen functional groups attached to an aromatic ring is 1. The lowest BCUT2D eigenvalue weighted by molar-refractivity contribution is 0.441. The van der Waals surface area contributed by atoms with Crippen LogP contribution in [0.25, 0.3) is 0 Å². The Labute approximate surface area is 112 Å². The van der Waals surface area contributed by atoms with Crippen molar-refractivity contribution < 1.29 is 9.13 Å². The minimum atomic E-state index is -0.484. The normalized spacial score (nSPS) is 10.1. The van der Waals surface area contributed by atoms with E-state index in [0.717, 1.165) is 0 Å². The molecule has 3 nitrogen and oxygen atoms in total. The van der Waals surface area contributed by atoms with Gasteiger partial charge in [-0.15, -0.1) is 0 Å². The summed E-state index contributed by atoms with van der Waals surface area (Å²) in [6.07, 6.45) is 0. The molecule has 0 saturated heterocycles. The van der Waals surface area contributed by atoms with Gasteiger partial charge < -0.3 is 10.5 Å². The average Bonchev–Trinajstić information content (AvgIpc) is 2.33. The summed E-state index contributed by atoms with van der Waals surface area (Å²) in [5, 5.41) is 7.43. The van der Waals surface area contributed by atoms with Crippen molar-refractivity contribution in [2.75, 3.05) is 0 Å². The maximum atomic E-state index is 13.6. The first kappa shape index (κ1) is 12.6. The monoisotopic (exact) mass is 308 g/mol. The highest BCUT2D eigenvalue weighted by Gasteiger charge is 2.10. The predicted octanol–water partition coefficient (Wildman–Crippen LogP) is 3.66. The number of hydrogen-bond acceptors (Lipinski definition) is 2. The van der Waals surface area contributed by atoms with E-state index in [-0.39, 0.29) is 11.6 Å². The minimum Gasteiger partial charge on any atom is -0.454 e. The largest absolute Gasteiger partial charge is 0.454 e. The Hall–Kier alpha value is -1.88. The molecule has 2 rings (SSSR count). The summed E-state index contributed by atoms with van der Waals surface area (Å²) in [5.74, 6) is -0.163. The lowest BCUT2D eigenvalue weighted by atomic mass is 10.2. The van der Waals surface area contributed by atoms with Crippen LogP contribution in [0.15, 0.2) is 46.9 Å². The van der Waals surface area contributed by atoms with E-state index in [1.54, 1.807) is 30.3 Å². The predicted molar refractivity (Wildman–Crippen MR) is 71.6 cm³/mol. The van der Waals surface area contributed by atoms with Crippen molar-refractivity contribution in [3.63, 3.8) is 0 Å². The van der Waals surface area contributed by atoms with Crippen LogP contribution in [-0.4, -0.2) is 5.84 Å². The van der Waals surface area contributed by atoms with E-state index in [0.29, 0.717) is 15.8 Å². The number of para-hydroxylation sites is 1. The lowest BCUT2D eigenvalue weighted by Gasteiger charge is -2.10. The van der Waals surface area contributed by atoms with Gasteiger partial charge in [0.15, 0.2) is 11.6 Å². The molecule has 0 atom stereocenters. The fraction of sp³-hybridized carbons (Fsp3) is 0. The Morgan fingerprint density at radius 3 is 2.56 bits per heavy atom. The summed E-state index contributed by atoms with van der Waals surface area (Å²) >= 11 is 3.17. The van der Waals surface area contributed by atoms with E-state index in [2.05, 4.69) is 15.9 Å². The van der Waals surface area contributed by atoms with Gasteiger partial charge >= 0.3 is 0 Å². The average molecular weight is 309 g/mol. The van der Waals surface area contributed by atoms with Gasteiger partial charge in [0.25, 0.3) is 0 Å². The molecular weight excluding hydrogens is 299 g/mol. The zero-order valence-electron chi connectivity index (χ0n) is 9.28. The van der Waals surface area contributed by atoms with Gasteiger partial charge in [0.2, 0.25) is 0 Å². The topological polar surface area (TPSA) is 59.1 Å². The van der Waals surface area contributed by atoms with Crippen molar-refractivity contribution in [2.24, 2.45) is 5.73 Å². The molecule has 0 aliphatic carbocycles. The van der Waals surface area contributed by atoms with Crippen LogP contribution in [0.4, 0.5) is 4.39 Å². The van der Waals surface area contributed by atoms with E-state index in [1.807, 2.05) is 0 Å². The molecule has 0 bridgehead atoms. The van der Waals surface area contributed by atoms with Crippen LogP contribution >= 0.6 is 15.9 Å². The third-order valence-corrected chi connectivity index (χ3v) is 2.78. The van der Waals surface area contributed by atoms with E-state index >= 15 is 0 Å². The first-order valence-corrected chi connectivity index (χ1v) is 5.93. The van der Waals surface area contributed by atoms with Crippen LogP contribution in [0.3, 0.4) is 0 Å². The molecule has 2 aromatic rings. The highest BCUT2D eigenvalue weighted by Crippen LogP contribution is 2.28. The molecule has 0 amide bonds. The number of rotatable bonds is 3. The zero-order valence-corrected chi connectivity index (χ0v) is 10.9. The molecule has 0 aliphatic rings. The van der Waals surface area contributed by atoms with Crippen molar-refractivity contribution in [3.8, 4) is 11.5 Å². The molecule has 92 valence electrons. The van der Waals surface area contributed by atoms with Gasteiger partial charge in [0.1, 0.15) is 11.6 Å². The summed E-state index contributed by atoms with van der Waals surface area (Å²) < 4.78 is 19.7. The smallest absolute Gasteiger partial charge is 0.166 e.